The van der Waals surface area contributed by atoms with Crippen LogP contribution in [0.2, 0.25) is 0 Å². The molecule has 4 fully saturated rings. The van der Waals surface area contributed by atoms with Crippen molar-refractivity contribution < 1.29 is 28.5 Å². The smallest absolute Gasteiger partial charge is 0.171 e. The van der Waals surface area contributed by atoms with E-state index in [1.165, 1.54) is 160 Å². The van der Waals surface area contributed by atoms with Crippen molar-refractivity contribution >= 4 is 5.69 Å². The van der Waals surface area contributed by atoms with Crippen LogP contribution >= 0.6 is 0 Å². The van der Waals surface area contributed by atoms with Crippen LogP contribution in [0.25, 0.3) is 0 Å². The highest BCUT2D eigenvalue weighted by atomic mass is 127. The van der Waals surface area contributed by atoms with Gasteiger partial charge < -0.3 is 28.9 Å². The van der Waals surface area contributed by atoms with E-state index in [4.69, 9.17) is 0 Å². The Morgan fingerprint density at radius 3 is 1.37 bits per heavy atom. The summed E-state index contributed by atoms with van der Waals surface area (Å²) in [6.45, 7) is 7.12. The summed E-state index contributed by atoms with van der Waals surface area (Å²) in [6.07, 6.45) is 36.5. The summed E-state index contributed by atoms with van der Waals surface area (Å²) in [5.74, 6) is 3.04. The van der Waals surface area contributed by atoms with E-state index in [1.807, 2.05) is 0 Å². The average Bonchev–Trinajstić information content (AvgIpc) is 2.90. The van der Waals surface area contributed by atoms with Crippen LogP contribution in [0, 0.1) is 17.8 Å². The summed E-state index contributed by atoms with van der Waals surface area (Å²) >= 11 is 0. The molecule has 0 N–H and O–H groups in total. The van der Waals surface area contributed by atoms with Gasteiger partial charge in [0.1, 0.15) is 0 Å². The van der Waals surface area contributed by atoms with Gasteiger partial charge in [-0.25, -0.2) is 0 Å². The van der Waals surface area contributed by atoms with Gasteiger partial charge in [-0.05, 0) is 49.9 Å². The van der Waals surface area contributed by atoms with Gasteiger partial charge in [-0.2, -0.15) is 4.57 Å². The second kappa shape index (κ2) is 17.5. The molecule has 3 heteroatoms. The molecule has 2 nitrogen and oxygen atoms in total. The van der Waals surface area contributed by atoms with Crippen molar-refractivity contribution in [2.45, 2.75) is 161 Å². The first-order valence-corrected chi connectivity index (χ1v) is 17.0. The Balaban J connectivity index is 0.00000400. The molecule has 0 aromatic carbocycles. The lowest BCUT2D eigenvalue weighted by Gasteiger charge is -2.53. The van der Waals surface area contributed by atoms with Gasteiger partial charge in [-0.1, -0.05) is 104 Å². The van der Waals surface area contributed by atoms with E-state index in [-0.39, 0.29) is 24.0 Å². The number of pyridine rings is 1. The normalized spacial score (nSPS) is 25.5. The van der Waals surface area contributed by atoms with Crippen molar-refractivity contribution in [3.05, 3.63) is 24.5 Å². The molecule has 0 amide bonds. The number of aromatic nitrogens is 1. The van der Waals surface area contributed by atoms with Crippen molar-refractivity contribution in [2.24, 2.45) is 17.8 Å². The van der Waals surface area contributed by atoms with Gasteiger partial charge in [0, 0.05) is 50.2 Å². The van der Waals surface area contributed by atoms with Crippen LogP contribution in [0.15, 0.2) is 24.5 Å². The zero-order valence-corrected chi connectivity index (χ0v) is 27.4. The van der Waals surface area contributed by atoms with E-state index in [0.29, 0.717) is 5.54 Å². The Hall–Kier alpha value is -0.320. The Labute approximate surface area is 254 Å². The van der Waals surface area contributed by atoms with Crippen LogP contribution in [0.4, 0.5) is 5.69 Å². The number of hydrogen-bond donors (Lipinski definition) is 0. The maximum absolute atomic E-state index is 2.73. The minimum atomic E-state index is 0. The zero-order chi connectivity index (χ0) is 25.8. The first kappa shape index (κ1) is 32.2. The third-order valence-corrected chi connectivity index (χ3v) is 10.3. The quantitative estimate of drug-likeness (QED) is 0.0851. The van der Waals surface area contributed by atoms with Crippen LogP contribution in [0.5, 0.6) is 0 Å². The third-order valence-electron chi connectivity index (χ3n) is 10.3. The largest absolute Gasteiger partial charge is 1.00 e. The summed E-state index contributed by atoms with van der Waals surface area (Å²) in [4.78, 5) is 2.73. The van der Waals surface area contributed by atoms with Gasteiger partial charge in [0.25, 0.3) is 0 Å². The molecular formula is C35H61IN2. The van der Waals surface area contributed by atoms with E-state index >= 15 is 0 Å². The minimum Gasteiger partial charge on any atom is -1.00 e. The van der Waals surface area contributed by atoms with E-state index in [9.17, 15) is 0 Å². The number of hydrogen-bond acceptors (Lipinski definition) is 1. The van der Waals surface area contributed by atoms with Gasteiger partial charge >= 0.3 is 0 Å². The Kier molecular flexibility index (Phi) is 14.8. The number of nitrogens with zero attached hydrogens (tertiary/aromatic N) is 2. The zero-order valence-electron chi connectivity index (χ0n) is 25.3. The maximum atomic E-state index is 2.73. The SMILES string of the molecule is CCCCCCCCCCN(CCCCCCCCCC)c1cc[n+](C23CC4CC(CC(C4)C2)C3)cc1.[I-]. The van der Waals surface area contributed by atoms with Crippen molar-refractivity contribution in [1.82, 2.24) is 0 Å². The fourth-order valence-electron chi connectivity index (χ4n) is 8.57. The topological polar surface area (TPSA) is 7.12 Å². The summed E-state index contributed by atoms with van der Waals surface area (Å²) < 4.78 is 2.67. The summed E-state index contributed by atoms with van der Waals surface area (Å²) in [7, 11) is 0. The van der Waals surface area contributed by atoms with E-state index in [1.54, 1.807) is 0 Å². The maximum Gasteiger partial charge on any atom is 0.171 e. The summed E-state index contributed by atoms with van der Waals surface area (Å²) in [5, 5.41) is 0. The fourth-order valence-corrected chi connectivity index (χ4v) is 8.57. The van der Waals surface area contributed by atoms with E-state index < -0.39 is 0 Å². The molecule has 1 aromatic rings. The standard InChI is InChI=1S/C35H61N2.HI/c1-3-5-7-9-11-13-15-17-21-36(22-18-16-14-12-10-8-6-4-2)34-19-23-37(24-20-34)35-28-31-25-32(29-35)27-33(26-31)30-35;/h19-20,23-24,31-33H,3-18,21-22,25-30H2,1-2H3;1H/q+1;/p-1. The molecule has 38 heavy (non-hydrogen) atoms. The monoisotopic (exact) mass is 636 g/mol. The lowest BCUT2D eigenvalue weighted by Crippen LogP contribution is -3.00. The predicted molar refractivity (Wildman–Crippen MR) is 160 cm³/mol. The molecule has 0 unspecified atom stereocenters. The molecule has 4 aliphatic rings. The van der Waals surface area contributed by atoms with Crippen LogP contribution in [0.3, 0.4) is 0 Å². The molecule has 4 bridgehead atoms. The van der Waals surface area contributed by atoms with Gasteiger partial charge in [0.05, 0.1) is 0 Å². The van der Waals surface area contributed by atoms with Crippen molar-refractivity contribution in [3.8, 4) is 0 Å². The van der Waals surface area contributed by atoms with E-state index in [2.05, 4.69) is 47.8 Å². The molecule has 0 atom stereocenters. The summed E-state index contributed by atoms with van der Waals surface area (Å²) in [6, 6.07) is 4.96. The van der Waals surface area contributed by atoms with Gasteiger partial charge in [-0.15, -0.1) is 0 Å². The van der Waals surface area contributed by atoms with Crippen molar-refractivity contribution in [2.75, 3.05) is 18.0 Å². The molecule has 0 radical (unpaired) electrons. The Morgan fingerprint density at radius 2 is 0.974 bits per heavy atom. The molecular weight excluding hydrogens is 575 g/mol. The van der Waals surface area contributed by atoms with Crippen LogP contribution in [-0.2, 0) is 5.54 Å². The fraction of sp³-hybridized carbons (Fsp3) is 0.857. The molecule has 1 aromatic heterocycles. The average molecular weight is 637 g/mol. The first-order valence-electron chi connectivity index (χ1n) is 17.0. The molecule has 1 heterocycles. The van der Waals surface area contributed by atoms with Crippen molar-refractivity contribution in [3.63, 3.8) is 0 Å². The molecule has 218 valence electrons. The molecule has 0 aliphatic heterocycles. The lowest BCUT2D eigenvalue weighted by atomic mass is 9.53. The molecule has 4 saturated carbocycles. The van der Waals surface area contributed by atoms with Gasteiger partial charge in [-0.3, -0.25) is 0 Å². The van der Waals surface area contributed by atoms with Gasteiger partial charge in [0.15, 0.2) is 17.9 Å². The highest BCUT2D eigenvalue weighted by molar-refractivity contribution is 5.43. The highest BCUT2D eigenvalue weighted by Gasteiger charge is 2.56. The Morgan fingerprint density at radius 1 is 0.605 bits per heavy atom. The van der Waals surface area contributed by atoms with Crippen LogP contribution < -0.4 is 33.4 Å². The van der Waals surface area contributed by atoms with Crippen LogP contribution in [0.1, 0.15) is 155 Å². The van der Waals surface area contributed by atoms with Gasteiger partial charge in [0.2, 0.25) is 0 Å². The highest BCUT2D eigenvalue weighted by Crippen LogP contribution is 2.56. The molecule has 0 spiro atoms. The minimum absolute atomic E-state index is 0. The number of halogens is 1. The number of unbranched alkanes of at least 4 members (excludes halogenated alkanes) is 14. The second-order valence-corrected chi connectivity index (χ2v) is 13.5. The third kappa shape index (κ3) is 9.65. The lowest BCUT2D eigenvalue weighted by molar-refractivity contribution is -0.776. The Bertz CT molecular complexity index is 690. The second-order valence-electron chi connectivity index (χ2n) is 13.5. The van der Waals surface area contributed by atoms with Crippen LogP contribution in [-0.4, -0.2) is 13.1 Å². The van der Waals surface area contributed by atoms with E-state index in [0.717, 1.165) is 17.8 Å². The molecule has 4 aliphatic carbocycles. The molecule has 0 saturated heterocycles. The van der Waals surface area contributed by atoms with Crippen molar-refractivity contribution in [1.29, 1.82) is 0 Å². The molecule has 5 rings (SSSR count). The number of anilines is 1. The predicted octanol–water partition coefficient (Wildman–Crippen LogP) is 6.99. The summed E-state index contributed by atoms with van der Waals surface area (Å²) in [5.41, 5.74) is 1.93. The number of rotatable bonds is 20. The first-order chi connectivity index (χ1) is 18.2.